The molecule has 0 N–H and O–H groups in total. The zero-order valence-corrected chi connectivity index (χ0v) is 16.8. The van der Waals surface area contributed by atoms with Crippen LogP contribution in [0.2, 0.25) is 0 Å². The standard InChI is InChI=1S/C19H29NO5S/c1-19(2,3)12-18(21)20(14-17-6-5-11-24-17)13-15-7-9-16(10-8-15)25-26(4,22)23/h7-10,17H,5-6,11-14H2,1-4H3/t17-/m1/s1. The summed E-state index contributed by atoms with van der Waals surface area (Å²) in [5.74, 6) is 0.368. The van der Waals surface area contributed by atoms with Crippen molar-refractivity contribution in [2.75, 3.05) is 19.4 Å². The lowest BCUT2D eigenvalue weighted by atomic mass is 9.91. The lowest BCUT2D eigenvalue weighted by molar-refractivity contribution is -0.135. The highest BCUT2D eigenvalue weighted by Gasteiger charge is 2.25. The normalized spacial score (nSPS) is 17.9. The predicted molar refractivity (Wildman–Crippen MR) is 100 cm³/mol. The second kappa shape index (κ2) is 8.39. The molecule has 1 aromatic carbocycles. The third kappa shape index (κ3) is 7.33. The Balaban J connectivity index is 2.08. The first-order valence-corrected chi connectivity index (χ1v) is 10.7. The number of ether oxygens (including phenoxy) is 1. The van der Waals surface area contributed by atoms with Crippen LogP contribution in [-0.2, 0) is 26.2 Å². The van der Waals surface area contributed by atoms with Crippen LogP contribution in [0.3, 0.4) is 0 Å². The third-order valence-electron chi connectivity index (χ3n) is 4.03. The van der Waals surface area contributed by atoms with E-state index in [0.717, 1.165) is 31.3 Å². The molecular weight excluding hydrogens is 354 g/mol. The highest BCUT2D eigenvalue weighted by Crippen LogP contribution is 2.23. The second-order valence-electron chi connectivity index (χ2n) is 8.08. The first kappa shape index (κ1) is 20.7. The summed E-state index contributed by atoms with van der Waals surface area (Å²) in [5.41, 5.74) is 0.838. The Morgan fingerprint density at radius 3 is 2.42 bits per heavy atom. The fraction of sp³-hybridized carbons (Fsp3) is 0.632. The monoisotopic (exact) mass is 383 g/mol. The van der Waals surface area contributed by atoms with Gasteiger partial charge in [0.2, 0.25) is 5.91 Å². The van der Waals surface area contributed by atoms with Crippen molar-refractivity contribution in [3.8, 4) is 5.75 Å². The molecular formula is C19H29NO5S. The number of hydrogen-bond donors (Lipinski definition) is 0. The van der Waals surface area contributed by atoms with Gasteiger partial charge in [0.05, 0.1) is 12.4 Å². The minimum atomic E-state index is -3.54. The molecule has 1 aliphatic heterocycles. The Morgan fingerprint density at radius 2 is 1.92 bits per heavy atom. The van der Waals surface area contributed by atoms with Crippen molar-refractivity contribution in [2.24, 2.45) is 5.41 Å². The maximum atomic E-state index is 12.8. The summed E-state index contributed by atoms with van der Waals surface area (Å²) in [4.78, 5) is 14.6. The van der Waals surface area contributed by atoms with Gasteiger partial charge in [-0.3, -0.25) is 4.79 Å². The van der Waals surface area contributed by atoms with Crippen molar-refractivity contribution in [3.63, 3.8) is 0 Å². The van der Waals surface area contributed by atoms with Gasteiger partial charge in [-0.2, -0.15) is 8.42 Å². The molecule has 146 valence electrons. The van der Waals surface area contributed by atoms with Gasteiger partial charge >= 0.3 is 10.1 Å². The Kier molecular flexibility index (Phi) is 6.69. The van der Waals surface area contributed by atoms with E-state index in [2.05, 4.69) is 0 Å². The molecule has 0 saturated carbocycles. The highest BCUT2D eigenvalue weighted by atomic mass is 32.2. The van der Waals surface area contributed by atoms with Crippen molar-refractivity contribution in [3.05, 3.63) is 29.8 Å². The SMILES string of the molecule is CC(C)(C)CC(=O)N(Cc1ccc(OS(C)(=O)=O)cc1)C[C@H]1CCCO1. The fourth-order valence-corrected chi connectivity index (χ4v) is 3.36. The summed E-state index contributed by atoms with van der Waals surface area (Å²) in [7, 11) is -3.54. The van der Waals surface area contributed by atoms with E-state index >= 15 is 0 Å². The third-order valence-corrected chi connectivity index (χ3v) is 4.52. The molecule has 26 heavy (non-hydrogen) atoms. The number of nitrogens with zero attached hydrogens (tertiary/aromatic N) is 1. The van der Waals surface area contributed by atoms with E-state index in [1.54, 1.807) is 24.3 Å². The average molecular weight is 384 g/mol. The Hall–Kier alpha value is -1.60. The Bertz CT molecular complexity index is 700. The van der Waals surface area contributed by atoms with Crippen LogP contribution in [-0.4, -0.2) is 44.7 Å². The lowest BCUT2D eigenvalue weighted by Crippen LogP contribution is -2.38. The molecule has 1 aliphatic rings. The van der Waals surface area contributed by atoms with Gasteiger partial charge in [-0.25, -0.2) is 0 Å². The Labute approximate surface area is 156 Å². The van der Waals surface area contributed by atoms with Crippen LogP contribution in [0.4, 0.5) is 0 Å². The molecule has 1 saturated heterocycles. The molecule has 0 bridgehead atoms. The molecule has 1 heterocycles. The quantitative estimate of drug-likeness (QED) is 0.677. The molecule has 1 fully saturated rings. The molecule has 0 radical (unpaired) electrons. The van der Waals surface area contributed by atoms with Gasteiger partial charge < -0.3 is 13.8 Å². The zero-order valence-electron chi connectivity index (χ0n) is 16.0. The van der Waals surface area contributed by atoms with Crippen molar-refractivity contribution < 1.29 is 22.1 Å². The number of carbonyl (C=O) groups is 1. The number of benzene rings is 1. The van der Waals surface area contributed by atoms with Crippen LogP contribution in [0.15, 0.2) is 24.3 Å². The molecule has 1 aromatic rings. The maximum absolute atomic E-state index is 12.8. The summed E-state index contributed by atoms with van der Waals surface area (Å²) in [6.07, 6.45) is 3.57. The average Bonchev–Trinajstić information content (AvgIpc) is 2.98. The smallest absolute Gasteiger partial charge is 0.306 e. The van der Waals surface area contributed by atoms with Crippen LogP contribution in [0.5, 0.6) is 5.75 Å². The maximum Gasteiger partial charge on any atom is 0.306 e. The van der Waals surface area contributed by atoms with E-state index < -0.39 is 10.1 Å². The van der Waals surface area contributed by atoms with Gasteiger partial charge in [0.25, 0.3) is 0 Å². The molecule has 0 spiro atoms. The minimum Gasteiger partial charge on any atom is -0.383 e. The molecule has 0 aliphatic carbocycles. The van der Waals surface area contributed by atoms with Crippen molar-refractivity contribution in [1.82, 2.24) is 4.90 Å². The first-order valence-electron chi connectivity index (χ1n) is 8.90. The van der Waals surface area contributed by atoms with Crippen molar-refractivity contribution in [2.45, 2.75) is 52.7 Å². The van der Waals surface area contributed by atoms with Gasteiger partial charge in [-0.1, -0.05) is 32.9 Å². The van der Waals surface area contributed by atoms with Crippen LogP contribution < -0.4 is 4.18 Å². The number of carbonyl (C=O) groups excluding carboxylic acids is 1. The van der Waals surface area contributed by atoms with E-state index in [1.807, 2.05) is 25.7 Å². The zero-order chi connectivity index (χ0) is 19.4. The minimum absolute atomic E-state index is 0.0843. The van der Waals surface area contributed by atoms with Gasteiger partial charge in [-0.05, 0) is 36.0 Å². The molecule has 0 unspecified atom stereocenters. The predicted octanol–water partition coefficient (Wildman–Crippen LogP) is 2.97. The van der Waals surface area contributed by atoms with Gasteiger partial charge in [0, 0.05) is 26.1 Å². The summed E-state index contributed by atoms with van der Waals surface area (Å²) in [6, 6.07) is 6.78. The first-order chi connectivity index (χ1) is 12.0. The molecule has 7 heteroatoms. The van der Waals surface area contributed by atoms with Crippen molar-refractivity contribution in [1.29, 1.82) is 0 Å². The topological polar surface area (TPSA) is 72.9 Å². The van der Waals surface area contributed by atoms with Crippen molar-refractivity contribution >= 4 is 16.0 Å². The number of rotatable bonds is 7. The van der Waals surface area contributed by atoms with Crippen LogP contribution in [0.1, 0.15) is 45.6 Å². The number of amides is 1. The lowest BCUT2D eigenvalue weighted by Gasteiger charge is -2.29. The van der Waals surface area contributed by atoms with Crippen LogP contribution in [0, 0.1) is 5.41 Å². The molecule has 6 nitrogen and oxygen atoms in total. The van der Waals surface area contributed by atoms with E-state index in [1.165, 1.54) is 0 Å². The van der Waals surface area contributed by atoms with Gasteiger partial charge in [0.1, 0.15) is 5.75 Å². The molecule has 1 atom stereocenters. The molecule has 0 aromatic heterocycles. The summed E-state index contributed by atoms with van der Waals surface area (Å²) in [6.45, 7) is 7.94. The fourth-order valence-electron chi connectivity index (χ4n) is 2.90. The largest absolute Gasteiger partial charge is 0.383 e. The van der Waals surface area contributed by atoms with E-state index in [4.69, 9.17) is 8.92 Å². The van der Waals surface area contributed by atoms with E-state index in [9.17, 15) is 13.2 Å². The highest BCUT2D eigenvalue weighted by molar-refractivity contribution is 7.86. The Morgan fingerprint density at radius 1 is 1.27 bits per heavy atom. The molecule has 1 amide bonds. The number of hydrogen-bond acceptors (Lipinski definition) is 5. The van der Waals surface area contributed by atoms with Crippen LogP contribution >= 0.6 is 0 Å². The summed E-state index contributed by atoms with van der Waals surface area (Å²) < 4.78 is 32.9. The second-order valence-corrected chi connectivity index (χ2v) is 9.65. The van der Waals surface area contributed by atoms with E-state index in [-0.39, 0.29) is 23.2 Å². The van der Waals surface area contributed by atoms with Gasteiger partial charge in [-0.15, -0.1) is 0 Å². The van der Waals surface area contributed by atoms with Crippen LogP contribution in [0.25, 0.3) is 0 Å². The molecule has 2 rings (SSSR count). The van der Waals surface area contributed by atoms with Gasteiger partial charge in [0.15, 0.2) is 0 Å². The summed E-state index contributed by atoms with van der Waals surface area (Å²) >= 11 is 0. The summed E-state index contributed by atoms with van der Waals surface area (Å²) in [5, 5.41) is 0. The van der Waals surface area contributed by atoms with E-state index in [0.29, 0.717) is 19.5 Å².